The Morgan fingerprint density at radius 1 is 1.64 bits per heavy atom. The molecule has 0 aromatic rings. The maximum atomic E-state index is 9.88. The van der Waals surface area contributed by atoms with E-state index >= 15 is 0 Å². The van der Waals surface area contributed by atoms with Crippen LogP contribution in [-0.2, 0) is 14.3 Å². The zero-order valence-electron chi connectivity index (χ0n) is 6.12. The van der Waals surface area contributed by atoms with Crippen LogP contribution < -0.4 is 5.32 Å². The lowest BCUT2D eigenvalue weighted by Crippen LogP contribution is -2.29. The molecule has 0 spiro atoms. The monoisotopic (exact) mass is 181 g/mol. The molecule has 0 aliphatic carbocycles. The Morgan fingerprint density at radius 2 is 2.45 bits per heavy atom. The number of hydrogen-bond acceptors (Lipinski definition) is 4. The molecule has 66 valence electrons. The van der Waals surface area contributed by atoms with Crippen LogP contribution in [0.15, 0.2) is 0 Å². The van der Waals surface area contributed by atoms with Crippen molar-refractivity contribution < 1.29 is 14.3 Å². The molecule has 4 nitrogen and oxygen atoms in total. The molecule has 1 unspecified atom stereocenters. The summed E-state index contributed by atoms with van der Waals surface area (Å²) in [5.41, 5.74) is 0. The first kappa shape index (κ1) is 10.7. The fraction of sp³-hybridized carbons (Fsp3) is 0.833. The molecule has 1 rings (SSSR count). The average Bonchev–Trinajstić information content (AvgIpc) is 2.17. The molecule has 0 radical (unpaired) electrons. The SMILES string of the molecule is Cl.O=COC1CNCCOC1. The summed E-state index contributed by atoms with van der Waals surface area (Å²) < 4.78 is 9.81. The molecule has 0 aromatic carbocycles. The van der Waals surface area contributed by atoms with Gasteiger partial charge in [0.1, 0.15) is 6.10 Å². The smallest absolute Gasteiger partial charge is 0.293 e. The van der Waals surface area contributed by atoms with E-state index in [1.165, 1.54) is 0 Å². The van der Waals surface area contributed by atoms with Crippen molar-refractivity contribution in [2.24, 2.45) is 0 Å². The summed E-state index contributed by atoms with van der Waals surface area (Å²) in [6.45, 7) is 3.18. The van der Waals surface area contributed by atoms with Crippen LogP contribution in [0.25, 0.3) is 0 Å². The van der Waals surface area contributed by atoms with Crippen LogP contribution in [0.5, 0.6) is 0 Å². The summed E-state index contributed by atoms with van der Waals surface area (Å²) >= 11 is 0. The molecule has 1 aliphatic heterocycles. The Kier molecular flexibility index (Phi) is 6.21. The standard InChI is InChI=1S/C6H11NO3.ClH/c8-5-10-6-3-7-1-2-9-4-6;/h5-7H,1-4H2;1H. The number of ether oxygens (including phenoxy) is 2. The molecule has 11 heavy (non-hydrogen) atoms. The van der Waals surface area contributed by atoms with Gasteiger partial charge in [0, 0.05) is 13.1 Å². The number of nitrogens with one attached hydrogen (secondary N) is 1. The second-order valence-electron chi connectivity index (χ2n) is 2.13. The van der Waals surface area contributed by atoms with Crippen LogP contribution in [-0.4, -0.2) is 38.9 Å². The highest BCUT2D eigenvalue weighted by Gasteiger charge is 2.11. The first-order valence-electron chi connectivity index (χ1n) is 3.31. The lowest BCUT2D eigenvalue weighted by molar-refractivity contribution is -0.135. The summed E-state index contributed by atoms with van der Waals surface area (Å²) in [5.74, 6) is 0. The number of halogens is 1. The van der Waals surface area contributed by atoms with Crippen molar-refractivity contribution in [3.8, 4) is 0 Å². The summed E-state index contributed by atoms with van der Waals surface area (Å²) in [6, 6.07) is 0. The molecule has 1 fully saturated rings. The van der Waals surface area contributed by atoms with Gasteiger partial charge >= 0.3 is 0 Å². The van der Waals surface area contributed by atoms with Crippen LogP contribution in [0.1, 0.15) is 0 Å². The average molecular weight is 182 g/mol. The lowest BCUT2D eigenvalue weighted by Gasteiger charge is -2.09. The van der Waals surface area contributed by atoms with Crippen molar-refractivity contribution in [1.82, 2.24) is 5.32 Å². The van der Waals surface area contributed by atoms with E-state index in [1.807, 2.05) is 0 Å². The van der Waals surface area contributed by atoms with Gasteiger partial charge in [-0.25, -0.2) is 0 Å². The molecule has 1 saturated heterocycles. The van der Waals surface area contributed by atoms with E-state index in [0.717, 1.165) is 6.54 Å². The van der Waals surface area contributed by atoms with Gasteiger partial charge < -0.3 is 14.8 Å². The number of carbonyl (C=O) groups excluding carboxylic acids is 1. The molecule has 5 heteroatoms. The third-order valence-electron chi connectivity index (χ3n) is 1.35. The first-order valence-corrected chi connectivity index (χ1v) is 3.31. The Hall–Kier alpha value is -0.320. The Bertz CT molecular complexity index is 104. The maximum Gasteiger partial charge on any atom is 0.293 e. The van der Waals surface area contributed by atoms with E-state index in [-0.39, 0.29) is 18.5 Å². The van der Waals surface area contributed by atoms with Gasteiger partial charge in [0.15, 0.2) is 0 Å². The van der Waals surface area contributed by atoms with E-state index in [1.54, 1.807) is 0 Å². The van der Waals surface area contributed by atoms with Gasteiger partial charge in [0.25, 0.3) is 6.47 Å². The molecule has 0 amide bonds. The van der Waals surface area contributed by atoms with Crippen molar-refractivity contribution in [2.45, 2.75) is 6.10 Å². The molecule has 1 heterocycles. The summed E-state index contributed by atoms with van der Waals surface area (Å²) in [6.07, 6.45) is -0.111. The minimum atomic E-state index is -0.111. The largest absolute Gasteiger partial charge is 0.461 e. The second-order valence-corrected chi connectivity index (χ2v) is 2.13. The van der Waals surface area contributed by atoms with Crippen LogP contribution in [0.3, 0.4) is 0 Å². The Labute approximate surface area is 71.6 Å². The molecule has 0 aromatic heterocycles. The zero-order chi connectivity index (χ0) is 7.23. The van der Waals surface area contributed by atoms with E-state index in [2.05, 4.69) is 5.32 Å². The maximum absolute atomic E-state index is 9.88. The van der Waals surface area contributed by atoms with Crippen LogP contribution in [0.2, 0.25) is 0 Å². The number of rotatable bonds is 2. The van der Waals surface area contributed by atoms with Gasteiger partial charge in [0.2, 0.25) is 0 Å². The number of carbonyl (C=O) groups is 1. The van der Waals surface area contributed by atoms with Crippen molar-refractivity contribution >= 4 is 18.9 Å². The first-order chi connectivity index (χ1) is 4.93. The van der Waals surface area contributed by atoms with Gasteiger partial charge in [-0.05, 0) is 0 Å². The normalized spacial score (nSPS) is 24.5. The van der Waals surface area contributed by atoms with Gasteiger partial charge in [-0.1, -0.05) is 0 Å². The quantitative estimate of drug-likeness (QED) is 0.588. The lowest BCUT2D eigenvalue weighted by atomic mass is 10.4. The molecule has 0 saturated carbocycles. The highest BCUT2D eigenvalue weighted by Crippen LogP contribution is 1.92. The fourth-order valence-corrected chi connectivity index (χ4v) is 0.847. The Balaban J connectivity index is 0.000001000. The third-order valence-corrected chi connectivity index (χ3v) is 1.35. The Morgan fingerprint density at radius 3 is 3.18 bits per heavy atom. The fourth-order valence-electron chi connectivity index (χ4n) is 0.847. The van der Waals surface area contributed by atoms with Crippen LogP contribution in [0.4, 0.5) is 0 Å². The molecule has 1 atom stereocenters. The molecule has 1 aliphatic rings. The van der Waals surface area contributed by atoms with E-state index in [4.69, 9.17) is 9.47 Å². The number of hydrogen-bond donors (Lipinski definition) is 1. The predicted octanol–water partition coefficient (Wildman–Crippen LogP) is -0.430. The summed E-state index contributed by atoms with van der Waals surface area (Å²) in [7, 11) is 0. The highest BCUT2D eigenvalue weighted by atomic mass is 35.5. The molecule has 1 N–H and O–H groups in total. The summed E-state index contributed by atoms with van der Waals surface area (Å²) in [5, 5.41) is 3.07. The van der Waals surface area contributed by atoms with Gasteiger partial charge in [-0.2, -0.15) is 0 Å². The molecule has 0 bridgehead atoms. The predicted molar refractivity (Wildman–Crippen MR) is 41.9 cm³/mol. The minimum Gasteiger partial charge on any atom is -0.461 e. The van der Waals surface area contributed by atoms with E-state index < -0.39 is 0 Å². The molecular formula is C6H12ClNO3. The highest BCUT2D eigenvalue weighted by molar-refractivity contribution is 5.85. The molecular weight excluding hydrogens is 170 g/mol. The summed E-state index contributed by atoms with van der Waals surface area (Å²) in [4.78, 5) is 9.88. The van der Waals surface area contributed by atoms with Crippen LogP contribution >= 0.6 is 12.4 Å². The van der Waals surface area contributed by atoms with Crippen molar-refractivity contribution in [3.05, 3.63) is 0 Å². The van der Waals surface area contributed by atoms with Crippen LogP contribution in [0, 0.1) is 0 Å². The topological polar surface area (TPSA) is 47.6 Å². The van der Waals surface area contributed by atoms with Gasteiger partial charge in [-0.15, -0.1) is 12.4 Å². The van der Waals surface area contributed by atoms with Crippen molar-refractivity contribution in [2.75, 3.05) is 26.3 Å². The van der Waals surface area contributed by atoms with Gasteiger partial charge in [0.05, 0.1) is 13.2 Å². The van der Waals surface area contributed by atoms with E-state index in [9.17, 15) is 4.79 Å². The third kappa shape index (κ3) is 4.19. The van der Waals surface area contributed by atoms with Crippen molar-refractivity contribution in [3.63, 3.8) is 0 Å². The second kappa shape index (κ2) is 6.39. The van der Waals surface area contributed by atoms with Gasteiger partial charge in [-0.3, -0.25) is 4.79 Å². The van der Waals surface area contributed by atoms with Crippen molar-refractivity contribution in [1.29, 1.82) is 0 Å². The zero-order valence-corrected chi connectivity index (χ0v) is 6.93. The minimum absolute atomic E-state index is 0. The van der Waals surface area contributed by atoms with E-state index in [0.29, 0.717) is 26.2 Å².